The monoisotopic (exact) mass is 246 g/mol. The molecule has 0 aliphatic heterocycles. The van der Waals surface area contributed by atoms with Crippen molar-refractivity contribution in [2.24, 2.45) is 0 Å². The first kappa shape index (κ1) is 13.1. The molecule has 3 nitrogen and oxygen atoms in total. The van der Waals surface area contributed by atoms with Gasteiger partial charge in [-0.25, -0.2) is 0 Å². The minimum absolute atomic E-state index is 0.152. The van der Waals surface area contributed by atoms with Gasteiger partial charge < -0.3 is 10.2 Å². The lowest BCUT2D eigenvalue weighted by molar-refractivity contribution is -0.128. The van der Waals surface area contributed by atoms with Crippen molar-refractivity contribution >= 4 is 5.91 Å². The number of likely N-dealkylation sites (N-methyl/N-ethyl adjacent to an activating group) is 2. The van der Waals surface area contributed by atoms with Crippen LogP contribution in [0.4, 0.5) is 0 Å². The Morgan fingerprint density at radius 1 is 1.33 bits per heavy atom. The normalized spacial score (nSPS) is 13.4. The fourth-order valence-corrected chi connectivity index (χ4v) is 2.49. The molecule has 0 radical (unpaired) electrons. The van der Waals surface area contributed by atoms with Gasteiger partial charge in [0.25, 0.3) is 0 Å². The Kier molecular flexibility index (Phi) is 4.37. The van der Waals surface area contributed by atoms with Crippen LogP contribution in [0.2, 0.25) is 0 Å². The SMILES string of the molecule is CNCC(=O)N(C)CCc1ccc2c(c1)CCC2. The highest BCUT2D eigenvalue weighted by Gasteiger charge is 2.11. The lowest BCUT2D eigenvalue weighted by Gasteiger charge is -2.17. The molecular formula is C15H22N2O. The lowest BCUT2D eigenvalue weighted by atomic mass is 10.0. The van der Waals surface area contributed by atoms with Crippen molar-refractivity contribution in [1.29, 1.82) is 0 Å². The van der Waals surface area contributed by atoms with E-state index in [1.54, 1.807) is 11.9 Å². The maximum Gasteiger partial charge on any atom is 0.236 e. The zero-order chi connectivity index (χ0) is 13.0. The minimum Gasteiger partial charge on any atom is -0.344 e. The molecule has 0 spiro atoms. The molecule has 1 aromatic rings. The van der Waals surface area contributed by atoms with E-state index in [4.69, 9.17) is 0 Å². The molecule has 1 aliphatic carbocycles. The van der Waals surface area contributed by atoms with E-state index in [9.17, 15) is 4.79 Å². The molecule has 0 heterocycles. The number of nitrogens with one attached hydrogen (secondary N) is 1. The van der Waals surface area contributed by atoms with E-state index in [-0.39, 0.29) is 5.91 Å². The maximum atomic E-state index is 11.6. The predicted molar refractivity (Wildman–Crippen MR) is 73.7 cm³/mol. The van der Waals surface area contributed by atoms with Gasteiger partial charge in [0.1, 0.15) is 0 Å². The number of benzene rings is 1. The van der Waals surface area contributed by atoms with Gasteiger partial charge in [-0.1, -0.05) is 18.2 Å². The summed E-state index contributed by atoms with van der Waals surface area (Å²) >= 11 is 0. The van der Waals surface area contributed by atoms with Crippen LogP contribution in [-0.4, -0.2) is 38.0 Å². The summed E-state index contributed by atoms with van der Waals surface area (Å²) in [7, 11) is 3.67. The first-order valence-corrected chi connectivity index (χ1v) is 6.70. The Morgan fingerprint density at radius 3 is 2.89 bits per heavy atom. The first-order chi connectivity index (χ1) is 8.70. The lowest BCUT2D eigenvalue weighted by Crippen LogP contribution is -2.35. The molecule has 3 heteroatoms. The smallest absolute Gasteiger partial charge is 0.236 e. The Hall–Kier alpha value is -1.35. The van der Waals surface area contributed by atoms with Gasteiger partial charge in [-0.05, 0) is 49.4 Å². The molecule has 98 valence electrons. The van der Waals surface area contributed by atoms with E-state index in [0.717, 1.165) is 13.0 Å². The highest BCUT2D eigenvalue weighted by Crippen LogP contribution is 2.22. The number of amides is 1. The maximum absolute atomic E-state index is 11.6. The predicted octanol–water partition coefficient (Wildman–Crippen LogP) is 1.40. The molecule has 0 saturated carbocycles. The standard InChI is InChI=1S/C15H22N2O/c1-16-11-15(18)17(2)9-8-12-6-7-13-4-3-5-14(13)10-12/h6-7,10,16H,3-5,8-9,11H2,1-2H3. The van der Waals surface area contributed by atoms with Crippen LogP contribution in [0.25, 0.3) is 0 Å². The van der Waals surface area contributed by atoms with Crippen LogP contribution in [0.1, 0.15) is 23.1 Å². The molecule has 0 bridgehead atoms. The van der Waals surface area contributed by atoms with Crippen LogP contribution in [0.5, 0.6) is 0 Å². The van der Waals surface area contributed by atoms with Crippen LogP contribution in [0.3, 0.4) is 0 Å². The van der Waals surface area contributed by atoms with E-state index in [0.29, 0.717) is 6.54 Å². The fraction of sp³-hybridized carbons (Fsp3) is 0.533. The van der Waals surface area contributed by atoms with Gasteiger partial charge in [-0.2, -0.15) is 0 Å². The second-order valence-electron chi connectivity index (χ2n) is 5.05. The zero-order valence-electron chi connectivity index (χ0n) is 11.3. The van der Waals surface area contributed by atoms with Gasteiger partial charge in [0.2, 0.25) is 5.91 Å². The topological polar surface area (TPSA) is 32.3 Å². The number of nitrogens with zero attached hydrogens (tertiary/aromatic N) is 1. The third-order valence-corrected chi connectivity index (χ3v) is 3.65. The molecule has 2 rings (SSSR count). The summed E-state index contributed by atoms with van der Waals surface area (Å²) in [5.74, 6) is 0.152. The van der Waals surface area contributed by atoms with Crippen molar-refractivity contribution in [2.45, 2.75) is 25.7 Å². The van der Waals surface area contributed by atoms with Gasteiger partial charge in [-0.15, -0.1) is 0 Å². The molecule has 1 aromatic carbocycles. The zero-order valence-corrected chi connectivity index (χ0v) is 11.3. The second-order valence-corrected chi connectivity index (χ2v) is 5.05. The molecule has 1 N–H and O–H groups in total. The highest BCUT2D eigenvalue weighted by atomic mass is 16.2. The van der Waals surface area contributed by atoms with Crippen molar-refractivity contribution in [3.63, 3.8) is 0 Å². The summed E-state index contributed by atoms with van der Waals surface area (Å²) in [5, 5.41) is 2.89. The van der Waals surface area contributed by atoms with Crippen molar-refractivity contribution in [1.82, 2.24) is 10.2 Å². The Balaban J connectivity index is 1.88. The number of hydrogen-bond acceptors (Lipinski definition) is 2. The fourth-order valence-electron chi connectivity index (χ4n) is 2.49. The van der Waals surface area contributed by atoms with Crippen molar-refractivity contribution in [3.8, 4) is 0 Å². The van der Waals surface area contributed by atoms with Crippen LogP contribution in [-0.2, 0) is 24.1 Å². The van der Waals surface area contributed by atoms with E-state index >= 15 is 0 Å². The molecule has 18 heavy (non-hydrogen) atoms. The molecule has 1 amide bonds. The Bertz CT molecular complexity index is 429. The van der Waals surface area contributed by atoms with Crippen LogP contribution in [0, 0.1) is 0 Å². The molecular weight excluding hydrogens is 224 g/mol. The van der Waals surface area contributed by atoms with Gasteiger partial charge in [0.05, 0.1) is 6.54 Å². The quantitative estimate of drug-likeness (QED) is 0.851. The summed E-state index contributed by atoms with van der Waals surface area (Å²) < 4.78 is 0. The summed E-state index contributed by atoms with van der Waals surface area (Å²) in [5.41, 5.74) is 4.37. The van der Waals surface area contributed by atoms with Gasteiger partial charge >= 0.3 is 0 Å². The average molecular weight is 246 g/mol. The summed E-state index contributed by atoms with van der Waals surface area (Å²) in [6.45, 7) is 1.21. The largest absolute Gasteiger partial charge is 0.344 e. The Morgan fingerprint density at radius 2 is 2.11 bits per heavy atom. The number of fused-ring (bicyclic) bond motifs is 1. The van der Waals surface area contributed by atoms with Crippen LogP contribution in [0.15, 0.2) is 18.2 Å². The van der Waals surface area contributed by atoms with Gasteiger partial charge in [0.15, 0.2) is 0 Å². The number of rotatable bonds is 5. The third-order valence-electron chi connectivity index (χ3n) is 3.65. The number of carbonyl (C=O) groups is 1. The van der Waals surface area contributed by atoms with Crippen molar-refractivity contribution < 1.29 is 4.79 Å². The van der Waals surface area contributed by atoms with E-state index in [2.05, 4.69) is 23.5 Å². The van der Waals surface area contributed by atoms with Gasteiger partial charge in [-0.3, -0.25) is 4.79 Å². The number of hydrogen-bond donors (Lipinski definition) is 1. The summed E-state index contributed by atoms with van der Waals surface area (Å²) in [6, 6.07) is 6.78. The van der Waals surface area contributed by atoms with Crippen LogP contribution >= 0.6 is 0 Å². The summed E-state index contributed by atoms with van der Waals surface area (Å²) in [4.78, 5) is 13.4. The van der Waals surface area contributed by atoms with E-state index < -0.39 is 0 Å². The molecule has 1 aliphatic rings. The van der Waals surface area contributed by atoms with E-state index in [1.165, 1.54) is 36.0 Å². The molecule has 0 atom stereocenters. The first-order valence-electron chi connectivity index (χ1n) is 6.70. The Labute approximate surface area is 109 Å². The molecule has 0 aromatic heterocycles. The molecule has 0 fully saturated rings. The third kappa shape index (κ3) is 3.10. The molecule has 0 unspecified atom stereocenters. The van der Waals surface area contributed by atoms with Gasteiger partial charge in [0, 0.05) is 13.6 Å². The average Bonchev–Trinajstić information content (AvgIpc) is 2.83. The highest BCUT2D eigenvalue weighted by molar-refractivity contribution is 5.77. The number of carbonyl (C=O) groups excluding carboxylic acids is 1. The second kappa shape index (κ2) is 6.01. The number of aryl methyl sites for hydroxylation is 2. The summed E-state index contributed by atoms with van der Waals surface area (Å²) in [6.07, 6.45) is 4.69. The minimum atomic E-state index is 0.152. The van der Waals surface area contributed by atoms with E-state index in [1.807, 2.05) is 7.05 Å². The van der Waals surface area contributed by atoms with Crippen molar-refractivity contribution in [2.75, 3.05) is 27.2 Å². The van der Waals surface area contributed by atoms with Crippen LogP contribution < -0.4 is 5.32 Å². The van der Waals surface area contributed by atoms with Crippen molar-refractivity contribution in [3.05, 3.63) is 34.9 Å². The molecule has 0 saturated heterocycles.